The van der Waals surface area contributed by atoms with Gasteiger partial charge in [-0.15, -0.1) is 0 Å². The molecule has 0 saturated heterocycles. The van der Waals surface area contributed by atoms with Crippen molar-refractivity contribution in [3.8, 4) is 5.75 Å². The molecule has 28 heavy (non-hydrogen) atoms. The van der Waals surface area contributed by atoms with Crippen molar-refractivity contribution in [1.82, 2.24) is 15.4 Å². The summed E-state index contributed by atoms with van der Waals surface area (Å²) in [6.07, 6.45) is 0.840. The number of hydrogen-bond acceptors (Lipinski definition) is 4. The SMILES string of the molecule is CN=C(NCCCOc1ccccc1)NCc1cccc(CS(=O)(=O)NC)c1. The van der Waals surface area contributed by atoms with Gasteiger partial charge in [0.05, 0.1) is 12.4 Å². The first-order chi connectivity index (χ1) is 13.5. The van der Waals surface area contributed by atoms with Crippen LogP contribution in [0.1, 0.15) is 17.5 Å². The molecule has 0 aromatic heterocycles. The van der Waals surface area contributed by atoms with E-state index in [1.54, 1.807) is 13.1 Å². The fraction of sp³-hybridized carbons (Fsp3) is 0.350. The molecule has 3 N–H and O–H groups in total. The Labute approximate surface area is 167 Å². The third-order valence-electron chi connectivity index (χ3n) is 3.97. The Balaban J connectivity index is 1.73. The normalized spacial score (nSPS) is 11.9. The summed E-state index contributed by atoms with van der Waals surface area (Å²) in [5.41, 5.74) is 1.73. The number of guanidine groups is 1. The lowest BCUT2D eigenvalue weighted by Crippen LogP contribution is -2.37. The van der Waals surface area contributed by atoms with Gasteiger partial charge < -0.3 is 15.4 Å². The molecule has 0 heterocycles. The third kappa shape index (κ3) is 7.98. The van der Waals surface area contributed by atoms with Crippen molar-refractivity contribution in [2.24, 2.45) is 4.99 Å². The summed E-state index contributed by atoms with van der Waals surface area (Å²) in [5, 5.41) is 6.47. The van der Waals surface area contributed by atoms with Crippen LogP contribution in [0.15, 0.2) is 59.6 Å². The van der Waals surface area contributed by atoms with Crippen molar-refractivity contribution in [3.05, 3.63) is 65.7 Å². The summed E-state index contributed by atoms with van der Waals surface area (Å²) in [6, 6.07) is 17.2. The van der Waals surface area contributed by atoms with Gasteiger partial charge in [0, 0.05) is 20.1 Å². The second-order valence-electron chi connectivity index (χ2n) is 6.15. The van der Waals surface area contributed by atoms with E-state index in [1.165, 1.54) is 7.05 Å². The summed E-state index contributed by atoms with van der Waals surface area (Å²) in [5.74, 6) is 1.52. The van der Waals surface area contributed by atoms with E-state index in [2.05, 4.69) is 20.3 Å². The lowest BCUT2D eigenvalue weighted by atomic mass is 10.1. The quantitative estimate of drug-likeness (QED) is 0.319. The molecule has 0 unspecified atom stereocenters. The zero-order valence-corrected chi connectivity index (χ0v) is 17.1. The molecule has 2 aromatic carbocycles. The van der Waals surface area contributed by atoms with Gasteiger partial charge in [-0.2, -0.15) is 0 Å². The molecule has 2 rings (SSSR count). The van der Waals surface area contributed by atoms with Gasteiger partial charge in [-0.05, 0) is 36.7 Å². The van der Waals surface area contributed by atoms with E-state index in [0.29, 0.717) is 19.1 Å². The molecule has 2 aromatic rings. The number of sulfonamides is 1. The van der Waals surface area contributed by atoms with Gasteiger partial charge in [0.25, 0.3) is 0 Å². The standard InChI is InChI=1S/C20H28N4O3S/c1-21-20(23-12-7-13-27-19-10-4-3-5-11-19)24-15-17-8-6-9-18(14-17)16-28(25,26)22-2/h3-6,8-11,14,22H,7,12-13,15-16H2,1-2H3,(H2,21,23,24). The maximum Gasteiger partial charge on any atom is 0.215 e. The van der Waals surface area contributed by atoms with Crippen molar-refractivity contribution < 1.29 is 13.2 Å². The molecule has 7 nitrogen and oxygen atoms in total. The Bertz CT molecular complexity index is 855. The minimum absolute atomic E-state index is 0.0360. The molecule has 0 amide bonds. The first-order valence-electron chi connectivity index (χ1n) is 9.14. The lowest BCUT2D eigenvalue weighted by molar-refractivity contribution is 0.311. The minimum atomic E-state index is -3.28. The van der Waals surface area contributed by atoms with E-state index in [4.69, 9.17) is 4.74 Å². The molecule has 8 heteroatoms. The number of hydrogen-bond donors (Lipinski definition) is 3. The number of aliphatic imine (C=N–C) groups is 1. The molecule has 0 radical (unpaired) electrons. The van der Waals surface area contributed by atoms with Crippen molar-refractivity contribution in [2.45, 2.75) is 18.7 Å². The monoisotopic (exact) mass is 404 g/mol. The zero-order valence-electron chi connectivity index (χ0n) is 16.3. The third-order valence-corrected chi connectivity index (χ3v) is 5.30. The van der Waals surface area contributed by atoms with Crippen LogP contribution < -0.4 is 20.1 Å². The number of benzene rings is 2. The van der Waals surface area contributed by atoms with Gasteiger partial charge in [0.1, 0.15) is 5.75 Å². The van der Waals surface area contributed by atoms with Crippen LogP contribution >= 0.6 is 0 Å². The highest BCUT2D eigenvalue weighted by atomic mass is 32.2. The van der Waals surface area contributed by atoms with E-state index >= 15 is 0 Å². The highest BCUT2D eigenvalue weighted by molar-refractivity contribution is 7.88. The van der Waals surface area contributed by atoms with E-state index < -0.39 is 10.0 Å². The molecule has 0 atom stereocenters. The maximum absolute atomic E-state index is 11.7. The molecule has 0 aliphatic carbocycles. The van der Waals surface area contributed by atoms with Crippen molar-refractivity contribution in [1.29, 1.82) is 0 Å². The van der Waals surface area contributed by atoms with Crippen LogP contribution in [-0.2, 0) is 22.3 Å². The second kappa shape index (κ2) is 11.3. The van der Waals surface area contributed by atoms with Crippen LogP contribution in [0.25, 0.3) is 0 Å². The molecular formula is C20H28N4O3S. The first-order valence-corrected chi connectivity index (χ1v) is 10.8. The zero-order chi connectivity index (χ0) is 20.2. The average molecular weight is 405 g/mol. The molecule has 0 saturated carbocycles. The van der Waals surface area contributed by atoms with Gasteiger partial charge in [0.15, 0.2) is 5.96 Å². The second-order valence-corrected chi connectivity index (χ2v) is 8.08. The Hall–Kier alpha value is -2.58. The van der Waals surface area contributed by atoms with E-state index in [1.807, 2.05) is 48.5 Å². The minimum Gasteiger partial charge on any atom is -0.494 e. The van der Waals surface area contributed by atoms with Gasteiger partial charge in [-0.3, -0.25) is 4.99 Å². The van der Waals surface area contributed by atoms with Crippen LogP contribution in [0.3, 0.4) is 0 Å². The number of nitrogens with one attached hydrogen (secondary N) is 3. The van der Waals surface area contributed by atoms with E-state index in [-0.39, 0.29) is 5.75 Å². The van der Waals surface area contributed by atoms with Crippen LogP contribution in [-0.4, -0.2) is 41.6 Å². The first kappa shape index (κ1) is 21.7. The van der Waals surface area contributed by atoms with Crippen molar-refractivity contribution in [3.63, 3.8) is 0 Å². The van der Waals surface area contributed by atoms with Crippen molar-refractivity contribution >= 4 is 16.0 Å². The summed E-state index contributed by atoms with van der Waals surface area (Å²) in [7, 11) is -0.149. The molecule has 0 aliphatic heterocycles. The topological polar surface area (TPSA) is 91.8 Å². The molecule has 152 valence electrons. The van der Waals surface area contributed by atoms with Crippen molar-refractivity contribution in [2.75, 3.05) is 27.2 Å². The van der Waals surface area contributed by atoms with Gasteiger partial charge in [-0.25, -0.2) is 13.1 Å². The summed E-state index contributed by atoms with van der Waals surface area (Å²) < 4.78 is 31.4. The Morgan fingerprint density at radius 3 is 2.50 bits per heavy atom. The summed E-state index contributed by atoms with van der Waals surface area (Å²) in [4.78, 5) is 4.20. The smallest absolute Gasteiger partial charge is 0.215 e. The molecular weight excluding hydrogens is 376 g/mol. The largest absolute Gasteiger partial charge is 0.494 e. The fourth-order valence-electron chi connectivity index (χ4n) is 2.51. The average Bonchev–Trinajstić information content (AvgIpc) is 2.71. The number of rotatable bonds is 10. The summed E-state index contributed by atoms with van der Waals surface area (Å²) >= 11 is 0. The van der Waals surface area contributed by atoms with Gasteiger partial charge >= 0.3 is 0 Å². The molecule has 0 bridgehead atoms. The Morgan fingerprint density at radius 1 is 1.04 bits per heavy atom. The number of para-hydroxylation sites is 1. The van der Waals surface area contributed by atoms with E-state index in [9.17, 15) is 8.42 Å². The number of nitrogens with zero attached hydrogens (tertiary/aromatic N) is 1. The Morgan fingerprint density at radius 2 is 1.79 bits per heavy atom. The molecule has 0 aliphatic rings. The fourth-order valence-corrected chi connectivity index (χ4v) is 3.28. The van der Waals surface area contributed by atoms with Crippen LogP contribution in [0.4, 0.5) is 0 Å². The highest BCUT2D eigenvalue weighted by Gasteiger charge is 2.09. The van der Waals surface area contributed by atoms with Crippen LogP contribution in [0.2, 0.25) is 0 Å². The highest BCUT2D eigenvalue weighted by Crippen LogP contribution is 2.09. The van der Waals surface area contributed by atoms with E-state index in [0.717, 1.165) is 29.8 Å². The lowest BCUT2D eigenvalue weighted by Gasteiger charge is -2.13. The van der Waals surface area contributed by atoms with Crippen LogP contribution in [0, 0.1) is 0 Å². The van der Waals surface area contributed by atoms with Gasteiger partial charge in [0.2, 0.25) is 10.0 Å². The summed E-state index contributed by atoms with van der Waals surface area (Å²) in [6.45, 7) is 1.90. The predicted octanol–water partition coefficient (Wildman–Crippen LogP) is 1.87. The number of ether oxygens (including phenoxy) is 1. The van der Waals surface area contributed by atoms with Gasteiger partial charge in [-0.1, -0.05) is 42.5 Å². The maximum atomic E-state index is 11.7. The predicted molar refractivity (Wildman–Crippen MR) is 113 cm³/mol. The van der Waals surface area contributed by atoms with Crippen LogP contribution in [0.5, 0.6) is 5.75 Å². The molecule has 0 fully saturated rings. The molecule has 0 spiro atoms. The Kier molecular flexibility index (Phi) is 8.77.